The molecule has 0 spiro atoms. The first-order chi connectivity index (χ1) is 14.3. The Bertz CT molecular complexity index is 1340. The number of aromatic nitrogens is 3. The van der Waals surface area contributed by atoms with E-state index in [0.29, 0.717) is 16.6 Å². The van der Waals surface area contributed by atoms with Crippen LogP contribution in [0.5, 0.6) is 11.5 Å². The molecule has 8 nitrogen and oxygen atoms in total. The van der Waals surface area contributed by atoms with E-state index in [1.807, 2.05) is 25.1 Å². The van der Waals surface area contributed by atoms with Gasteiger partial charge >= 0.3 is 0 Å². The minimum atomic E-state index is -3.92. The molecule has 0 bridgehead atoms. The van der Waals surface area contributed by atoms with Crippen LogP contribution in [0.15, 0.2) is 47.4 Å². The predicted molar refractivity (Wildman–Crippen MR) is 117 cm³/mol. The Morgan fingerprint density at radius 1 is 1.03 bits per heavy atom. The van der Waals surface area contributed by atoms with E-state index < -0.39 is 10.0 Å². The summed E-state index contributed by atoms with van der Waals surface area (Å²) in [6.07, 6.45) is 0. The largest absolute Gasteiger partial charge is 0.497 e. The lowest BCUT2D eigenvalue weighted by Crippen LogP contribution is -2.17. The maximum Gasteiger partial charge on any atom is 0.266 e. The zero-order chi connectivity index (χ0) is 21.5. The molecule has 0 amide bonds. The lowest BCUT2D eigenvalue weighted by atomic mass is 10.2. The molecule has 1 N–H and O–H groups in total. The summed E-state index contributed by atoms with van der Waals surface area (Å²) in [4.78, 5) is 4.65. The van der Waals surface area contributed by atoms with Gasteiger partial charge in [-0.2, -0.15) is 9.78 Å². The number of benzene rings is 2. The Balaban J connectivity index is 1.77. The van der Waals surface area contributed by atoms with Gasteiger partial charge in [-0.3, -0.25) is 4.72 Å². The fourth-order valence-electron chi connectivity index (χ4n) is 3.01. The average molecular weight is 445 g/mol. The highest BCUT2D eigenvalue weighted by Crippen LogP contribution is 2.32. The number of methoxy groups -OCH3 is 2. The molecule has 2 heterocycles. The third-order valence-corrected chi connectivity index (χ3v) is 6.81. The summed E-state index contributed by atoms with van der Waals surface area (Å²) < 4.78 is 41.8. The molecule has 2 aromatic carbocycles. The number of thiazole rings is 1. The molecule has 2 aromatic heterocycles. The van der Waals surface area contributed by atoms with Gasteiger partial charge in [-0.1, -0.05) is 17.4 Å². The maximum absolute atomic E-state index is 13.1. The predicted octanol–water partition coefficient (Wildman–Crippen LogP) is 3.92. The molecule has 0 saturated carbocycles. The zero-order valence-electron chi connectivity index (χ0n) is 16.8. The van der Waals surface area contributed by atoms with Gasteiger partial charge < -0.3 is 9.47 Å². The molecule has 0 radical (unpaired) electrons. The molecule has 30 heavy (non-hydrogen) atoms. The second-order valence-corrected chi connectivity index (χ2v) is 9.33. The van der Waals surface area contributed by atoms with Gasteiger partial charge in [0.25, 0.3) is 10.0 Å². The number of fused-ring (bicyclic) bond motifs is 1. The van der Waals surface area contributed by atoms with Crippen molar-refractivity contribution in [1.29, 1.82) is 0 Å². The Kier molecular flexibility index (Phi) is 5.12. The van der Waals surface area contributed by atoms with Crippen molar-refractivity contribution in [3.05, 3.63) is 53.7 Å². The summed E-state index contributed by atoms with van der Waals surface area (Å²) in [6, 6.07) is 12.2. The highest BCUT2D eigenvalue weighted by Gasteiger charge is 2.23. The SMILES string of the molecule is COc1ccc2nc(-n3nc(C)cc3NS(=O)(=O)c3cc(C)ccc3OC)sc2c1. The molecular formula is C20H20N4O4S2. The second kappa shape index (κ2) is 7.62. The smallest absolute Gasteiger partial charge is 0.266 e. The van der Waals surface area contributed by atoms with E-state index in [1.54, 1.807) is 38.3 Å². The summed E-state index contributed by atoms with van der Waals surface area (Å²) in [5.41, 5.74) is 2.24. The van der Waals surface area contributed by atoms with Gasteiger partial charge in [-0.25, -0.2) is 13.4 Å². The number of rotatable bonds is 6. The number of anilines is 1. The fourth-order valence-corrected chi connectivity index (χ4v) is 5.26. The van der Waals surface area contributed by atoms with Gasteiger partial charge in [0.15, 0.2) is 0 Å². The number of nitrogens with one attached hydrogen (secondary N) is 1. The molecule has 10 heteroatoms. The average Bonchev–Trinajstić information content (AvgIpc) is 3.29. The Morgan fingerprint density at radius 2 is 1.83 bits per heavy atom. The highest BCUT2D eigenvalue weighted by atomic mass is 32.2. The van der Waals surface area contributed by atoms with Gasteiger partial charge in [0.2, 0.25) is 5.13 Å². The van der Waals surface area contributed by atoms with Gasteiger partial charge in [-0.05, 0) is 49.7 Å². The zero-order valence-corrected chi connectivity index (χ0v) is 18.5. The topological polar surface area (TPSA) is 95.3 Å². The number of aryl methyl sites for hydroxylation is 2. The molecule has 0 aliphatic rings. The molecule has 0 saturated heterocycles. The van der Waals surface area contributed by atoms with Crippen LogP contribution in [0, 0.1) is 13.8 Å². The molecular weight excluding hydrogens is 424 g/mol. The van der Waals surface area contributed by atoms with Crippen LogP contribution < -0.4 is 14.2 Å². The second-order valence-electron chi connectivity index (χ2n) is 6.67. The van der Waals surface area contributed by atoms with Gasteiger partial charge in [0, 0.05) is 6.07 Å². The number of ether oxygens (including phenoxy) is 2. The van der Waals surface area contributed by atoms with Gasteiger partial charge in [0.1, 0.15) is 22.2 Å². The number of sulfonamides is 1. The van der Waals surface area contributed by atoms with Crippen LogP contribution >= 0.6 is 11.3 Å². The lowest BCUT2D eigenvalue weighted by molar-refractivity contribution is 0.402. The van der Waals surface area contributed by atoms with Crippen LogP contribution in [0.1, 0.15) is 11.3 Å². The van der Waals surface area contributed by atoms with Crippen molar-refractivity contribution in [1.82, 2.24) is 14.8 Å². The quantitative estimate of drug-likeness (QED) is 0.484. The Hall–Kier alpha value is -3.11. The molecule has 0 fully saturated rings. The first kappa shape index (κ1) is 20.2. The van der Waals surface area contributed by atoms with Crippen molar-refractivity contribution >= 4 is 37.4 Å². The van der Waals surface area contributed by atoms with E-state index in [0.717, 1.165) is 21.5 Å². The molecule has 0 unspecified atom stereocenters. The minimum absolute atomic E-state index is 0.0597. The van der Waals surface area contributed by atoms with Crippen LogP contribution in [0.2, 0.25) is 0 Å². The fraction of sp³-hybridized carbons (Fsp3) is 0.200. The van der Waals surface area contributed by atoms with Crippen molar-refractivity contribution < 1.29 is 17.9 Å². The summed E-state index contributed by atoms with van der Waals surface area (Å²) in [6.45, 7) is 3.61. The number of nitrogens with zero attached hydrogens (tertiary/aromatic N) is 3. The minimum Gasteiger partial charge on any atom is -0.497 e. The lowest BCUT2D eigenvalue weighted by Gasteiger charge is -2.12. The molecule has 4 rings (SSSR count). The van der Waals surface area contributed by atoms with Crippen molar-refractivity contribution in [3.8, 4) is 16.6 Å². The first-order valence-electron chi connectivity index (χ1n) is 9.00. The van der Waals surface area contributed by atoms with Crippen molar-refractivity contribution in [2.75, 3.05) is 18.9 Å². The van der Waals surface area contributed by atoms with Crippen LogP contribution in [0.25, 0.3) is 15.3 Å². The van der Waals surface area contributed by atoms with Crippen LogP contribution in [-0.4, -0.2) is 37.4 Å². The summed E-state index contributed by atoms with van der Waals surface area (Å²) in [5.74, 6) is 1.28. The standard InChI is InChI=1S/C20H20N4O4S2/c1-12-5-8-16(28-4)18(9-12)30(25,26)23-19-10-13(2)22-24(19)20-21-15-7-6-14(27-3)11-17(15)29-20/h5-11,23H,1-4H3. The third-order valence-electron chi connectivity index (χ3n) is 4.44. The summed E-state index contributed by atoms with van der Waals surface area (Å²) in [5, 5.41) is 4.97. The molecule has 156 valence electrons. The molecule has 0 aliphatic heterocycles. The maximum atomic E-state index is 13.1. The van der Waals surface area contributed by atoms with Gasteiger partial charge in [-0.15, -0.1) is 0 Å². The van der Waals surface area contributed by atoms with Crippen LogP contribution in [0.3, 0.4) is 0 Å². The van der Waals surface area contributed by atoms with Crippen LogP contribution in [0.4, 0.5) is 5.82 Å². The summed E-state index contributed by atoms with van der Waals surface area (Å²) in [7, 11) is -0.874. The Labute approximate surface area is 178 Å². The van der Waals surface area contributed by atoms with E-state index in [1.165, 1.54) is 23.1 Å². The molecule has 0 aliphatic carbocycles. The Morgan fingerprint density at radius 3 is 2.57 bits per heavy atom. The highest BCUT2D eigenvalue weighted by molar-refractivity contribution is 7.92. The summed E-state index contributed by atoms with van der Waals surface area (Å²) >= 11 is 1.39. The number of hydrogen-bond donors (Lipinski definition) is 1. The normalized spacial score (nSPS) is 11.6. The van der Waals surface area contributed by atoms with Crippen molar-refractivity contribution in [2.24, 2.45) is 0 Å². The van der Waals surface area contributed by atoms with E-state index in [-0.39, 0.29) is 10.6 Å². The van der Waals surface area contributed by atoms with Gasteiger partial charge in [0.05, 0.1) is 30.1 Å². The molecule has 0 atom stereocenters. The molecule has 4 aromatic rings. The van der Waals surface area contributed by atoms with E-state index in [2.05, 4.69) is 14.8 Å². The van der Waals surface area contributed by atoms with E-state index in [9.17, 15) is 8.42 Å². The van der Waals surface area contributed by atoms with Crippen molar-refractivity contribution in [3.63, 3.8) is 0 Å². The van der Waals surface area contributed by atoms with Crippen molar-refractivity contribution in [2.45, 2.75) is 18.7 Å². The third kappa shape index (κ3) is 3.71. The first-order valence-corrected chi connectivity index (χ1v) is 11.3. The number of hydrogen-bond acceptors (Lipinski definition) is 7. The van der Waals surface area contributed by atoms with Crippen LogP contribution in [-0.2, 0) is 10.0 Å². The van der Waals surface area contributed by atoms with E-state index in [4.69, 9.17) is 9.47 Å². The van der Waals surface area contributed by atoms with E-state index >= 15 is 0 Å². The monoisotopic (exact) mass is 444 g/mol.